The molecule has 1 N–H and O–H groups in total. The van der Waals surface area contributed by atoms with Crippen molar-refractivity contribution in [2.45, 2.75) is 24.5 Å². The van der Waals surface area contributed by atoms with Crippen LogP contribution in [0.2, 0.25) is 0 Å². The number of likely N-dealkylation sites (N-methyl/N-ethyl adjacent to an activating group) is 1. The zero-order valence-corrected chi connectivity index (χ0v) is 17.9. The quantitative estimate of drug-likeness (QED) is 0.627. The zero-order valence-electron chi connectivity index (χ0n) is 17.9. The Morgan fingerprint density at radius 3 is 2.62 bits per heavy atom. The molecule has 1 atom stereocenters. The van der Waals surface area contributed by atoms with Gasteiger partial charge in [0.2, 0.25) is 0 Å². The van der Waals surface area contributed by atoms with Gasteiger partial charge in [0, 0.05) is 44.5 Å². The lowest BCUT2D eigenvalue weighted by atomic mass is 9.94. The van der Waals surface area contributed by atoms with Crippen molar-refractivity contribution in [3.8, 4) is 0 Å². The molecule has 0 bridgehead atoms. The topological polar surface area (TPSA) is 57.9 Å². The molecule has 2 heterocycles. The van der Waals surface area contributed by atoms with Crippen molar-refractivity contribution in [2.75, 3.05) is 47.4 Å². The fraction of sp³-hybridized carbons (Fsp3) is 0.545. The molecule has 0 saturated carbocycles. The second-order valence-electron chi connectivity index (χ2n) is 8.39. The molecule has 7 nitrogen and oxygen atoms in total. The number of aliphatic imine (C=N–C) groups is 1. The number of hydrogen-bond donors (Lipinski definition) is 1. The minimum atomic E-state index is 0.0227. The van der Waals surface area contributed by atoms with Crippen LogP contribution in [0.4, 0.5) is 0 Å². The monoisotopic (exact) mass is 396 g/mol. The summed E-state index contributed by atoms with van der Waals surface area (Å²) in [6.45, 7) is 3.16. The summed E-state index contributed by atoms with van der Waals surface area (Å²) >= 11 is 0. The van der Waals surface area contributed by atoms with Gasteiger partial charge >= 0.3 is 0 Å². The van der Waals surface area contributed by atoms with Crippen LogP contribution in [0, 0.1) is 0 Å². The lowest BCUT2D eigenvalue weighted by molar-refractivity contribution is -0.00828. The Bertz CT molecular complexity index is 849. The summed E-state index contributed by atoms with van der Waals surface area (Å²) in [5, 5.41) is 7.96. The summed E-state index contributed by atoms with van der Waals surface area (Å²) in [5.41, 5.74) is 4.10. The smallest absolute Gasteiger partial charge is 0.193 e. The van der Waals surface area contributed by atoms with Crippen molar-refractivity contribution < 1.29 is 4.74 Å². The predicted octanol–water partition coefficient (Wildman–Crippen LogP) is 1.47. The van der Waals surface area contributed by atoms with E-state index in [-0.39, 0.29) is 11.6 Å². The Kier molecular flexibility index (Phi) is 5.61. The van der Waals surface area contributed by atoms with E-state index in [1.165, 1.54) is 11.1 Å². The van der Waals surface area contributed by atoms with Gasteiger partial charge in [-0.2, -0.15) is 5.10 Å². The molecule has 0 amide bonds. The molecule has 2 aromatic rings. The number of guanidine groups is 1. The number of aromatic nitrogens is 2. The molecule has 2 aliphatic rings. The van der Waals surface area contributed by atoms with Crippen molar-refractivity contribution in [2.24, 2.45) is 12.0 Å². The molecule has 4 rings (SSSR count). The molecular weight excluding hydrogens is 364 g/mol. The lowest BCUT2D eigenvalue weighted by Gasteiger charge is -2.39. The largest absolute Gasteiger partial charge is 0.370 e. The molecule has 0 spiro atoms. The third-order valence-corrected chi connectivity index (χ3v) is 6.36. The number of ether oxygens (including phenoxy) is 1. The number of aryl methyl sites for hydroxylation is 1. The van der Waals surface area contributed by atoms with Crippen molar-refractivity contribution in [1.82, 2.24) is 24.9 Å². The minimum Gasteiger partial charge on any atom is -0.370 e. The van der Waals surface area contributed by atoms with Gasteiger partial charge in [-0.1, -0.05) is 24.3 Å². The van der Waals surface area contributed by atoms with E-state index in [9.17, 15) is 0 Å². The number of benzene rings is 1. The Hall–Kier alpha value is -2.38. The van der Waals surface area contributed by atoms with Gasteiger partial charge in [-0.3, -0.25) is 9.67 Å². The third-order valence-electron chi connectivity index (χ3n) is 6.36. The first kappa shape index (κ1) is 19.9. The van der Waals surface area contributed by atoms with Crippen LogP contribution >= 0.6 is 0 Å². The van der Waals surface area contributed by atoms with Crippen LogP contribution in [0.15, 0.2) is 41.7 Å². The van der Waals surface area contributed by atoms with E-state index < -0.39 is 0 Å². The van der Waals surface area contributed by atoms with E-state index >= 15 is 0 Å². The van der Waals surface area contributed by atoms with Gasteiger partial charge in [-0.15, -0.1) is 0 Å². The highest BCUT2D eigenvalue weighted by Gasteiger charge is 2.39. The molecule has 1 saturated heterocycles. The first-order chi connectivity index (χ1) is 14.0. The van der Waals surface area contributed by atoms with Crippen molar-refractivity contribution in [3.05, 3.63) is 53.3 Å². The summed E-state index contributed by atoms with van der Waals surface area (Å²) in [4.78, 5) is 9.25. The van der Waals surface area contributed by atoms with Crippen molar-refractivity contribution in [3.63, 3.8) is 0 Å². The minimum absolute atomic E-state index is 0.0227. The summed E-state index contributed by atoms with van der Waals surface area (Å²) in [6, 6.07) is 8.80. The average Bonchev–Trinajstić information content (AvgIpc) is 3.33. The Labute approximate surface area is 173 Å². The Morgan fingerprint density at radius 1 is 1.31 bits per heavy atom. The number of nitrogens with one attached hydrogen (secondary N) is 1. The molecule has 0 radical (unpaired) electrons. The van der Waals surface area contributed by atoms with E-state index in [2.05, 4.69) is 63.6 Å². The second-order valence-corrected chi connectivity index (χ2v) is 8.39. The lowest BCUT2D eigenvalue weighted by Crippen LogP contribution is -2.57. The van der Waals surface area contributed by atoms with Crippen LogP contribution in [-0.2, 0) is 24.6 Å². The number of nitrogens with zero attached hydrogens (tertiary/aromatic N) is 5. The number of hydrogen-bond acceptors (Lipinski definition) is 4. The molecular formula is C22H32N6O. The molecule has 1 fully saturated rings. The maximum absolute atomic E-state index is 5.99. The zero-order chi connectivity index (χ0) is 20.4. The SMILES string of the molecule is CN=C(NCC1(N(C)C)Cc2ccccc2C1)N1CCOC(c2cnn(C)c2)C1. The van der Waals surface area contributed by atoms with Crippen LogP contribution < -0.4 is 5.32 Å². The van der Waals surface area contributed by atoms with Crippen LogP contribution in [0.3, 0.4) is 0 Å². The van der Waals surface area contributed by atoms with Gasteiger partial charge in [-0.05, 0) is 38.1 Å². The Morgan fingerprint density at radius 2 is 2.03 bits per heavy atom. The van der Waals surface area contributed by atoms with E-state index in [0.29, 0.717) is 6.61 Å². The van der Waals surface area contributed by atoms with Gasteiger partial charge in [0.15, 0.2) is 5.96 Å². The van der Waals surface area contributed by atoms with Gasteiger partial charge in [-0.25, -0.2) is 0 Å². The molecule has 1 aliphatic heterocycles. The van der Waals surface area contributed by atoms with E-state index in [4.69, 9.17) is 4.74 Å². The molecule has 1 unspecified atom stereocenters. The van der Waals surface area contributed by atoms with E-state index in [0.717, 1.165) is 44.0 Å². The Balaban J connectivity index is 1.43. The molecule has 1 aromatic heterocycles. The van der Waals surface area contributed by atoms with Crippen LogP contribution in [0.1, 0.15) is 22.8 Å². The van der Waals surface area contributed by atoms with E-state index in [1.807, 2.05) is 31.2 Å². The number of morpholine rings is 1. The van der Waals surface area contributed by atoms with Crippen molar-refractivity contribution >= 4 is 5.96 Å². The van der Waals surface area contributed by atoms with Gasteiger partial charge in [0.05, 0.1) is 19.3 Å². The van der Waals surface area contributed by atoms with Crippen LogP contribution in [-0.4, -0.2) is 78.5 Å². The molecule has 1 aliphatic carbocycles. The summed E-state index contributed by atoms with van der Waals surface area (Å²) in [6.07, 6.45) is 6.06. The second kappa shape index (κ2) is 8.16. The molecule has 29 heavy (non-hydrogen) atoms. The van der Waals surface area contributed by atoms with Gasteiger partial charge in [0.25, 0.3) is 0 Å². The normalized spacial score (nSPS) is 21.5. The molecule has 156 valence electrons. The third kappa shape index (κ3) is 4.02. The maximum Gasteiger partial charge on any atom is 0.193 e. The maximum atomic E-state index is 5.99. The summed E-state index contributed by atoms with van der Waals surface area (Å²) in [7, 11) is 8.17. The highest BCUT2D eigenvalue weighted by atomic mass is 16.5. The first-order valence-corrected chi connectivity index (χ1v) is 10.3. The predicted molar refractivity (Wildman–Crippen MR) is 115 cm³/mol. The highest BCUT2D eigenvalue weighted by molar-refractivity contribution is 5.80. The summed E-state index contributed by atoms with van der Waals surface area (Å²) < 4.78 is 7.82. The van der Waals surface area contributed by atoms with Crippen LogP contribution in [0.25, 0.3) is 0 Å². The average molecular weight is 397 g/mol. The van der Waals surface area contributed by atoms with Crippen molar-refractivity contribution in [1.29, 1.82) is 0 Å². The standard InChI is InChI=1S/C22H32N6O/c1-23-21(28-9-10-29-20(15-28)19-13-25-27(4)14-19)24-16-22(26(2)3)11-17-7-5-6-8-18(17)12-22/h5-8,13-14,20H,9-12,15-16H2,1-4H3,(H,23,24). The number of fused-ring (bicyclic) bond motifs is 1. The highest BCUT2D eigenvalue weighted by Crippen LogP contribution is 2.33. The summed E-state index contributed by atoms with van der Waals surface area (Å²) in [5.74, 6) is 0.944. The van der Waals surface area contributed by atoms with Crippen LogP contribution in [0.5, 0.6) is 0 Å². The fourth-order valence-electron chi connectivity index (χ4n) is 4.50. The first-order valence-electron chi connectivity index (χ1n) is 10.3. The molecule has 1 aromatic carbocycles. The van der Waals surface area contributed by atoms with E-state index in [1.54, 1.807) is 0 Å². The fourth-order valence-corrected chi connectivity index (χ4v) is 4.50. The van der Waals surface area contributed by atoms with Gasteiger partial charge < -0.3 is 19.9 Å². The van der Waals surface area contributed by atoms with Gasteiger partial charge in [0.1, 0.15) is 6.10 Å². The molecule has 7 heteroatoms. The number of rotatable bonds is 4.